The van der Waals surface area contributed by atoms with Gasteiger partial charge in [-0.3, -0.25) is 9.88 Å². The minimum Gasteiger partial charge on any atom is -0.494 e. The molecule has 0 radical (unpaired) electrons. The molecule has 0 saturated carbocycles. The molecule has 1 aliphatic rings. The number of aromatic amines is 2. The van der Waals surface area contributed by atoms with Crippen LogP contribution in [0.15, 0.2) is 59.4 Å². The summed E-state index contributed by atoms with van der Waals surface area (Å²) in [6.45, 7) is 3.64. The van der Waals surface area contributed by atoms with Gasteiger partial charge >= 0.3 is 5.69 Å². The highest BCUT2D eigenvalue weighted by molar-refractivity contribution is 7.89. The second kappa shape index (κ2) is 9.57. The molecule has 2 aromatic carbocycles. The first-order valence-corrected chi connectivity index (χ1v) is 13.0. The zero-order valence-electron chi connectivity index (χ0n) is 18.7. The van der Waals surface area contributed by atoms with Gasteiger partial charge in [-0.2, -0.15) is 4.31 Å². The van der Waals surface area contributed by atoms with Crippen molar-refractivity contribution in [1.82, 2.24) is 24.2 Å². The molecule has 0 spiro atoms. The van der Waals surface area contributed by atoms with E-state index in [-0.39, 0.29) is 11.4 Å². The molecule has 1 aliphatic heterocycles. The Morgan fingerprint density at radius 3 is 2.56 bits per heavy atom. The molecule has 2 N–H and O–H groups in total. The largest absolute Gasteiger partial charge is 0.494 e. The zero-order valence-corrected chi connectivity index (χ0v) is 19.6. The van der Waals surface area contributed by atoms with Gasteiger partial charge in [-0.15, -0.1) is 0 Å². The predicted octanol–water partition coefficient (Wildman–Crippen LogP) is 2.32. The van der Waals surface area contributed by atoms with Gasteiger partial charge in [0, 0.05) is 38.1 Å². The van der Waals surface area contributed by atoms with E-state index in [9.17, 15) is 13.2 Å². The van der Waals surface area contributed by atoms with Crippen molar-refractivity contribution in [3.8, 4) is 5.75 Å². The van der Waals surface area contributed by atoms with Gasteiger partial charge in [0.15, 0.2) is 5.65 Å². The number of piperazine rings is 1. The number of nitrogens with zero attached hydrogens (tertiary/aromatic N) is 3. The number of nitrogens with one attached hydrogen (secondary N) is 2. The summed E-state index contributed by atoms with van der Waals surface area (Å²) in [5, 5.41) is 0.834. The van der Waals surface area contributed by atoms with Crippen molar-refractivity contribution in [2.45, 2.75) is 13.0 Å². The predicted molar refractivity (Wildman–Crippen MR) is 131 cm³/mol. The molecule has 0 unspecified atom stereocenters. The van der Waals surface area contributed by atoms with Gasteiger partial charge in [0.2, 0.25) is 10.0 Å². The molecule has 4 aromatic rings. The topological polar surface area (TPSA) is 111 Å². The number of imidazole rings is 1. The number of pyridine rings is 1. The number of ether oxygens (including phenoxy) is 1. The lowest BCUT2D eigenvalue weighted by Crippen LogP contribution is -2.48. The smallest absolute Gasteiger partial charge is 0.325 e. The Morgan fingerprint density at radius 1 is 0.971 bits per heavy atom. The van der Waals surface area contributed by atoms with Crippen molar-refractivity contribution in [3.63, 3.8) is 0 Å². The van der Waals surface area contributed by atoms with Gasteiger partial charge < -0.3 is 9.72 Å². The van der Waals surface area contributed by atoms with E-state index in [1.807, 2.05) is 36.4 Å². The standard InChI is InChI=1S/C24H27N5O4S/c30-24-26-22-16-19-15-20(7-8-21(19)25-23(22)27-24)33-13-4-14-34(31,32)29-11-9-28(10-12-29)17-18-5-2-1-3-6-18/h1-3,5-8,15-16H,4,9-14,17H2,(H2,25,26,27,30). The van der Waals surface area contributed by atoms with Crippen LogP contribution in [0, 0.1) is 0 Å². The van der Waals surface area contributed by atoms with Crippen LogP contribution in [-0.4, -0.2) is 71.1 Å². The van der Waals surface area contributed by atoms with E-state index in [0.717, 1.165) is 30.5 Å². The van der Waals surface area contributed by atoms with Crippen LogP contribution < -0.4 is 10.4 Å². The van der Waals surface area contributed by atoms with Gasteiger partial charge in [-0.25, -0.2) is 18.2 Å². The minimum atomic E-state index is -3.31. The summed E-state index contributed by atoms with van der Waals surface area (Å²) in [7, 11) is -3.31. The van der Waals surface area contributed by atoms with Gasteiger partial charge in [0.1, 0.15) is 5.75 Å². The highest BCUT2D eigenvalue weighted by atomic mass is 32.2. The summed E-state index contributed by atoms with van der Waals surface area (Å²) >= 11 is 0. The summed E-state index contributed by atoms with van der Waals surface area (Å²) < 4.78 is 32.9. The first kappa shape index (κ1) is 22.6. The molecule has 1 fully saturated rings. The quantitative estimate of drug-likeness (QED) is 0.374. The molecule has 0 bridgehead atoms. The van der Waals surface area contributed by atoms with Crippen LogP contribution in [0.25, 0.3) is 22.1 Å². The highest BCUT2D eigenvalue weighted by Gasteiger charge is 2.26. The van der Waals surface area contributed by atoms with E-state index in [1.54, 1.807) is 10.4 Å². The lowest BCUT2D eigenvalue weighted by atomic mass is 10.2. The Kier molecular flexibility index (Phi) is 6.36. The molecule has 0 aliphatic carbocycles. The monoisotopic (exact) mass is 481 g/mol. The Morgan fingerprint density at radius 2 is 1.76 bits per heavy atom. The molecule has 1 saturated heterocycles. The zero-order chi connectivity index (χ0) is 23.5. The van der Waals surface area contributed by atoms with E-state index in [4.69, 9.17) is 4.74 Å². The third kappa shape index (κ3) is 5.14. The fraction of sp³-hybridized carbons (Fsp3) is 0.333. The summed E-state index contributed by atoms with van der Waals surface area (Å²) in [6.07, 6.45) is 0.410. The molecule has 3 heterocycles. The maximum absolute atomic E-state index is 12.8. The molecule has 0 atom stereocenters. The van der Waals surface area contributed by atoms with Crippen LogP contribution >= 0.6 is 0 Å². The van der Waals surface area contributed by atoms with Crippen molar-refractivity contribution in [2.24, 2.45) is 0 Å². The molecule has 178 valence electrons. The molecule has 2 aromatic heterocycles. The number of sulfonamides is 1. The van der Waals surface area contributed by atoms with Gasteiger partial charge in [-0.05, 0) is 36.2 Å². The van der Waals surface area contributed by atoms with Crippen LogP contribution in [0.1, 0.15) is 12.0 Å². The summed E-state index contributed by atoms with van der Waals surface area (Å²) in [6, 6.07) is 17.5. The van der Waals surface area contributed by atoms with Crippen LogP contribution in [0.3, 0.4) is 0 Å². The number of rotatable bonds is 8. The van der Waals surface area contributed by atoms with Gasteiger partial charge in [0.05, 0.1) is 23.4 Å². The number of H-pyrrole nitrogens is 2. The molecule has 0 amide bonds. The molecule has 10 heteroatoms. The van der Waals surface area contributed by atoms with E-state index in [2.05, 4.69) is 32.0 Å². The van der Waals surface area contributed by atoms with E-state index in [1.165, 1.54) is 5.56 Å². The maximum Gasteiger partial charge on any atom is 0.325 e. The third-order valence-electron chi connectivity index (χ3n) is 6.06. The molecule has 5 rings (SSSR count). The third-order valence-corrected chi connectivity index (χ3v) is 8.01. The molecular formula is C24H27N5O4S. The number of benzene rings is 2. The number of hydrogen-bond donors (Lipinski definition) is 2. The average molecular weight is 482 g/mol. The second-order valence-electron chi connectivity index (χ2n) is 8.50. The molecule has 34 heavy (non-hydrogen) atoms. The Bertz CT molecular complexity index is 1440. The van der Waals surface area contributed by atoms with Gasteiger partial charge in [0.25, 0.3) is 0 Å². The normalized spacial score (nSPS) is 15.8. The van der Waals surface area contributed by atoms with Crippen molar-refractivity contribution in [3.05, 3.63) is 70.6 Å². The number of aromatic nitrogens is 3. The maximum atomic E-state index is 12.8. The summed E-state index contributed by atoms with van der Waals surface area (Å²) in [5.74, 6) is 0.699. The molecular weight excluding hydrogens is 454 g/mol. The fourth-order valence-electron chi connectivity index (χ4n) is 4.26. The second-order valence-corrected chi connectivity index (χ2v) is 10.6. The summed E-state index contributed by atoms with van der Waals surface area (Å²) in [5.41, 5.74) is 2.82. The Hall–Kier alpha value is -3.21. The number of hydrogen-bond acceptors (Lipinski definition) is 6. The van der Waals surface area contributed by atoms with E-state index in [0.29, 0.717) is 43.0 Å². The SMILES string of the molecule is O=c1[nH]c2cc3cc(OCCCS(=O)(=O)N4CCN(Cc5ccccc5)CC4)ccc3nc2[nH]1. The lowest BCUT2D eigenvalue weighted by Gasteiger charge is -2.34. The Balaban J connectivity index is 1.11. The Labute approximate surface area is 197 Å². The minimum absolute atomic E-state index is 0.0615. The van der Waals surface area contributed by atoms with Crippen LogP contribution in [0.4, 0.5) is 0 Å². The van der Waals surface area contributed by atoms with Crippen molar-refractivity contribution >= 4 is 32.1 Å². The average Bonchev–Trinajstić information content (AvgIpc) is 3.20. The highest BCUT2D eigenvalue weighted by Crippen LogP contribution is 2.22. The fourth-order valence-corrected chi connectivity index (χ4v) is 5.72. The van der Waals surface area contributed by atoms with Crippen LogP contribution in [-0.2, 0) is 16.6 Å². The lowest BCUT2D eigenvalue weighted by molar-refractivity contribution is 0.181. The van der Waals surface area contributed by atoms with E-state index < -0.39 is 10.0 Å². The van der Waals surface area contributed by atoms with Crippen molar-refractivity contribution < 1.29 is 13.2 Å². The van der Waals surface area contributed by atoms with Crippen molar-refractivity contribution in [2.75, 3.05) is 38.5 Å². The molecule has 9 nitrogen and oxygen atoms in total. The number of fused-ring (bicyclic) bond motifs is 2. The first-order chi connectivity index (χ1) is 16.5. The summed E-state index contributed by atoms with van der Waals surface area (Å²) in [4.78, 5) is 23.5. The van der Waals surface area contributed by atoms with Crippen molar-refractivity contribution in [1.29, 1.82) is 0 Å². The van der Waals surface area contributed by atoms with E-state index >= 15 is 0 Å². The van der Waals surface area contributed by atoms with Gasteiger partial charge in [-0.1, -0.05) is 30.3 Å². The van der Waals surface area contributed by atoms with Crippen LogP contribution in [0.5, 0.6) is 5.75 Å². The van der Waals surface area contributed by atoms with Crippen LogP contribution in [0.2, 0.25) is 0 Å². The first-order valence-electron chi connectivity index (χ1n) is 11.4.